The van der Waals surface area contributed by atoms with Gasteiger partial charge >= 0.3 is 0 Å². The highest BCUT2D eigenvalue weighted by atomic mass is 35.5. The maximum absolute atomic E-state index is 13.0. The van der Waals surface area contributed by atoms with E-state index in [0.717, 1.165) is 0 Å². The summed E-state index contributed by atoms with van der Waals surface area (Å²) < 4.78 is 13.0. The van der Waals surface area contributed by atoms with Crippen molar-refractivity contribution < 1.29 is 14.0 Å². The van der Waals surface area contributed by atoms with Crippen LogP contribution >= 0.6 is 23.2 Å². The van der Waals surface area contributed by atoms with Crippen LogP contribution in [0, 0.1) is 5.82 Å². The molecule has 23 heavy (non-hydrogen) atoms. The maximum Gasteiger partial charge on any atom is 0.269 e. The number of hydrogen-bond donors (Lipinski definition) is 2. The molecule has 0 saturated carbocycles. The monoisotopic (exact) mass is 352 g/mol. The molecule has 0 unspecified atom stereocenters. The van der Waals surface area contributed by atoms with Crippen molar-refractivity contribution >= 4 is 41.1 Å². The molecule has 0 atom stereocenters. The average Bonchev–Trinajstić information content (AvgIpc) is 2.53. The summed E-state index contributed by atoms with van der Waals surface area (Å²) in [4.78, 5) is 23.4. The third-order valence-electron chi connectivity index (χ3n) is 2.76. The number of halogens is 3. The van der Waals surface area contributed by atoms with E-state index in [-0.39, 0.29) is 5.02 Å². The summed E-state index contributed by atoms with van der Waals surface area (Å²) in [6.07, 6.45) is 2.62. The fourth-order valence-electron chi connectivity index (χ4n) is 1.65. The number of hydrazine groups is 1. The Morgan fingerprint density at radius 3 is 2.52 bits per heavy atom. The molecule has 2 aromatic carbocycles. The third kappa shape index (κ3) is 5.09. The molecule has 0 radical (unpaired) electrons. The fraction of sp³-hybridized carbons (Fsp3) is 0. The first-order valence-electron chi connectivity index (χ1n) is 6.45. The molecule has 0 saturated heterocycles. The number of carbonyl (C=O) groups is 2. The lowest BCUT2D eigenvalue weighted by Crippen LogP contribution is -2.40. The number of benzene rings is 2. The van der Waals surface area contributed by atoms with Gasteiger partial charge in [-0.3, -0.25) is 20.4 Å². The van der Waals surface area contributed by atoms with E-state index in [4.69, 9.17) is 23.2 Å². The molecule has 0 aliphatic rings. The predicted octanol–water partition coefficient (Wildman–Crippen LogP) is 3.61. The van der Waals surface area contributed by atoms with E-state index in [1.165, 1.54) is 36.4 Å². The highest BCUT2D eigenvalue weighted by molar-refractivity contribution is 6.31. The summed E-state index contributed by atoms with van der Waals surface area (Å²) in [5.74, 6) is -1.60. The van der Waals surface area contributed by atoms with Crippen molar-refractivity contribution in [1.82, 2.24) is 10.9 Å². The van der Waals surface area contributed by atoms with Crippen molar-refractivity contribution in [3.05, 3.63) is 75.5 Å². The Balaban J connectivity index is 1.90. The number of carbonyl (C=O) groups excluding carboxylic acids is 2. The predicted molar refractivity (Wildman–Crippen MR) is 87.5 cm³/mol. The van der Waals surface area contributed by atoms with E-state index in [9.17, 15) is 14.0 Å². The summed E-state index contributed by atoms with van der Waals surface area (Å²) in [5, 5.41) is 0.374. The third-order valence-corrected chi connectivity index (χ3v) is 3.28. The van der Waals surface area contributed by atoms with Crippen molar-refractivity contribution in [3.63, 3.8) is 0 Å². The van der Waals surface area contributed by atoms with Gasteiger partial charge in [0, 0.05) is 16.7 Å². The zero-order valence-corrected chi connectivity index (χ0v) is 13.2. The minimum Gasteiger partial charge on any atom is -0.268 e. The largest absolute Gasteiger partial charge is 0.269 e. The quantitative estimate of drug-likeness (QED) is 0.654. The zero-order chi connectivity index (χ0) is 16.8. The van der Waals surface area contributed by atoms with Crippen LogP contribution in [-0.4, -0.2) is 11.8 Å². The second-order valence-corrected chi connectivity index (χ2v) is 5.30. The second-order valence-electron chi connectivity index (χ2n) is 4.46. The highest BCUT2D eigenvalue weighted by Gasteiger charge is 2.06. The van der Waals surface area contributed by atoms with Gasteiger partial charge in [-0.25, -0.2) is 4.39 Å². The molecular formula is C16H11Cl2FN2O2. The first kappa shape index (κ1) is 17.0. The number of nitrogens with one attached hydrogen (secondary N) is 2. The van der Waals surface area contributed by atoms with Crippen LogP contribution in [-0.2, 0) is 4.79 Å². The molecule has 0 aromatic heterocycles. The van der Waals surface area contributed by atoms with Crippen LogP contribution in [0.25, 0.3) is 6.08 Å². The Kier molecular flexibility index (Phi) is 5.73. The first-order valence-corrected chi connectivity index (χ1v) is 7.20. The van der Waals surface area contributed by atoms with Gasteiger partial charge in [-0.15, -0.1) is 0 Å². The van der Waals surface area contributed by atoms with Crippen molar-refractivity contribution in [2.75, 3.05) is 0 Å². The molecule has 2 amide bonds. The van der Waals surface area contributed by atoms with Gasteiger partial charge in [0.25, 0.3) is 11.8 Å². The van der Waals surface area contributed by atoms with E-state index < -0.39 is 17.6 Å². The average molecular weight is 353 g/mol. The lowest BCUT2D eigenvalue weighted by atomic mass is 10.2. The SMILES string of the molecule is O=C(/C=C/c1ccc(F)c(Cl)c1)NNC(=O)c1cccc(Cl)c1. The van der Waals surface area contributed by atoms with Gasteiger partial charge in [0.1, 0.15) is 5.82 Å². The van der Waals surface area contributed by atoms with E-state index in [1.807, 2.05) is 0 Å². The van der Waals surface area contributed by atoms with Crippen LogP contribution in [0.1, 0.15) is 15.9 Å². The Hall–Kier alpha value is -2.37. The normalized spacial score (nSPS) is 10.6. The van der Waals surface area contributed by atoms with Crippen molar-refractivity contribution in [2.45, 2.75) is 0 Å². The molecule has 118 valence electrons. The number of amides is 2. The molecule has 0 aliphatic carbocycles. The van der Waals surface area contributed by atoms with E-state index in [1.54, 1.807) is 18.2 Å². The maximum atomic E-state index is 13.0. The minimum absolute atomic E-state index is 0.0400. The molecule has 0 spiro atoms. The Morgan fingerprint density at radius 2 is 1.83 bits per heavy atom. The molecule has 2 aromatic rings. The Bertz CT molecular complexity index is 778. The summed E-state index contributed by atoms with van der Waals surface area (Å²) >= 11 is 11.4. The van der Waals surface area contributed by atoms with E-state index in [0.29, 0.717) is 16.1 Å². The lowest BCUT2D eigenvalue weighted by Gasteiger charge is -2.05. The topological polar surface area (TPSA) is 58.2 Å². The minimum atomic E-state index is -0.555. The van der Waals surface area contributed by atoms with Gasteiger partial charge in [-0.05, 0) is 42.0 Å². The van der Waals surface area contributed by atoms with Crippen LogP contribution in [0.15, 0.2) is 48.5 Å². The van der Waals surface area contributed by atoms with Crippen LogP contribution in [0.4, 0.5) is 4.39 Å². The van der Waals surface area contributed by atoms with Gasteiger partial charge < -0.3 is 0 Å². The molecule has 2 rings (SSSR count). The molecule has 0 heterocycles. The van der Waals surface area contributed by atoms with Crippen molar-refractivity contribution in [1.29, 1.82) is 0 Å². The second kappa shape index (κ2) is 7.76. The van der Waals surface area contributed by atoms with Gasteiger partial charge in [0.05, 0.1) is 5.02 Å². The Labute approximate surface area is 141 Å². The summed E-state index contributed by atoms with van der Waals surface area (Å²) in [7, 11) is 0. The lowest BCUT2D eigenvalue weighted by molar-refractivity contribution is -0.117. The molecule has 0 fully saturated rings. The number of hydrogen-bond acceptors (Lipinski definition) is 2. The Morgan fingerprint density at radius 1 is 1.04 bits per heavy atom. The van der Waals surface area contributed by atoms with Crippen molar-refractivity contribution in [3.8, 4) is 0 Å². The van der Waals surface area contributed by atoms with Gasteiger partial charge in [-0.1, -0.05) is 35.3 Å². The summed E-state index contributed by atoms with van der Waals surface area (Å²) in [6, 6.07) is 10.3. The van der Waals surface area contributed by atoms with Gasteiger partial charge in [0.15, 0.2) is 0 Å². The molecule has 7 heteroatoms. The standard InChI is InChI=1S/C16H11Cl2FN2O2/c17-12-3-1-2-11(9-12)16(23)21-20-15(22)7-5-10-4-6-14(19)13(18)8-10/h1-9H,(H,20,22)(H,21,23)/b7-5+. The smallest absolute Gasteiger partial charge is 0.268 e. The summed E-state index contributed by atoms with van der Waals surface area (Å²) in [6.45, 7) is 0. The summed E-state index contributed by atoms with van der Waals surface area (Å²) in [5.41, 5.74) is 5.33. The van der Waals surface area contributed by atoms with Crippen molar-refractivity contribution in [2.24, 2.45) is 0 Å². The molecule has 0 aliphatic heterocycles. The fourth-order valence-corrected chi connectivity index (χ4v) is 2.03. The van der Waals surface area contributed by atoms with E-state index >= 15 is 0 Å². The molecule has 2 N–H and O–H groups in total. The molecule has 0 bridgehead atoms. The van der Waals surface area contributed by atoms with Gasteiger partial charge in [0.2, 0.25) is 0 Å². The van der Waals surface area contributed by atoms with E-state index in [2.05, 4.69) is 10.9 Å². The molecule has 4 nitrogen and oxygen atoms in total. The number of rotatable bonds is 3. The zero-order valence-electron chi connectivity index (χ0n) is 11.6. The van der Waals surface area contributed by atoms with Crippen LogP contribution in [0.2, 0.25) is 10.0 Å². The van der Waals surface area contributed by atoms with Crippen LogP contribution in [0.3, 0.4) is 0 Å². The van der Waals surface area contributed by atoms with Gasteiger partial charge in [-0.2, -0.15) is 0 Å². The first-order chi connectivity index (χ1) is 11.0. The van der Waals surface area contributed by atoms with Crippen LogP contribution < -0.4 is 10.9 Å². The van der Waals surface area contributed by atoms with Crippen LogP contribution in [0.5, 0.6) is 0 Å². The highest BCUT2D eigenvalue weighted by Crippen LogP contribution is 2.16. The molecular weight excluding hydrogens is 342 g/mol.